The minimum atomic E-state index is -0.145. The Labute approximate surface area is 145 Å². The molecule has 0 radical (unpaired) electrons. The molecule has 1 aliphatic heterocycles. The van der Waals surface area contributed by atoms with E-state index in [4.69, 9.17) is 16.3 Å². The van der Waals surface area contributed by atoms with Gasteiger partial charge in [0.1, 0.15) is 6.10 Å². The number of carbonyl (C=O) groups excluding carboxylic acids is 1. The van der Waals surface area contributed by atoms with Gasteiger partial charge in [0.15, 0.2) is 5.76 Å². The van der Waals surface area contributed by atoms with E-state index in [1.807, 2.05) is 48.5 Å². The van der Waals surface area contributed by atoms with Crippen LogP contribution in [0.2, 0.25) is 5.02 Å². The van der Waals surface area contributed by atoms with E-state index in [9.17, 15) is 4.79 Å². The van der Waals surface area contributed by atoms with Crippen molar-refractivity contribution in [3.8, 4) is 0 Å². The molecule has 0 fully saturated rings. The monoisotopic (exact) mass is 344 g/mol. The second-order valence-electron chi connectivity index (χ2n) is 5.43. The molecule has 0 aromatic heterocycles. The maximum atomic E-state index is 12.1. The third kappa shape index (κ3) is 3.80. The van der Waals surface area contributed by atoms with Crippen LogP contribution in [-0.2, 0) is 9.53 Å². The van der Waals surface area contributed by atoms with Gasteiger partial charge in [-0.15, -0.1) is 0 Å². The summed E-state index contributed by atoms with van der Waals surface area (Å²) < 4.78 is 5.96. The minimum absolute atomic E-state index is 0.0374. The van der Waals surface area contributed by atoms with Crippen LogP contribution in [-0.4, -0.2) is 11.4 Å². The van der Waals surface area contributed by atoms with E-state index in [-0.39, 0.29) is 17.1 Å². The van der Waals surface area contributed by atoms with Crippen molar-refractivity contribution in [3.63, 3.8) is 0 Å². The largest absolute Gasteiger partial charge is 0.481 e. The predicted octanol–water partition coefficient (Wildman–Crippen LogP) is 5.36. The van der Waals surface area contributed by atoms with Crippen LogP contribution >= 0.6 is 23.4 Å². The summed E-state index contributed by atoms with van der Waals surface area (Å²) in [5.74, 6) is 0.606. The van der Waals surface area contributed by atoms with Gasteiger partial charge in [-0.3, -0.25) is 4.79 Å². The van der Waals surface area contributed by atoms with Crippen molar-refractivity contribution in [1.29, 1.82) is 0 Å². The summed E-state index contributed by atoms with van der Waals surface area (Å²) in [7, 11) is 0. The van der Waals surface area contributed by atoms with Gasteiger partial charge in [0, 0.05) is 10.9 Å². The minimum Gasteiger partial charge on any atom is -0.481 e. The molecule has 1 heterocycles. The maximum absolute atomic E-state index is 12.1. The summed E-state index contributed by atoms with van der Waals surface area (Å²) >= 11 is 7.14. The fraction of sp³-hybridized carbons (Fsp3) is 0.211. The van der Waals surface area contributed by atoms with E-state index < -0.39 is 0 Å². The van der Waals surface area contributed by atoms with Crippen LogP contribution < -0.4 is 0 Å². The van der Waals surface area contributed by atoms with Gasteiger partial charge in [-0.1, -0.05) is 65.8 Å². The summed E-state index contributed by atoms with van der Waals surface area (Å²) in [6.45, 7) is 0. The third-order valence-corrected chi connectivity index (χ3v) is 4.77. The molecule has 3 rings (SSSR count). The molecule has 0 spiro atoms. The number of carbonyl (C=O) groups is 1. The van der Waals surface area contributed by atoms with Crippen molar-refractivity contribution in [2.45, 2.75) is 18.4 Å². The molecule has 0 N–H and O–H groups in total. The maximum Gasteiger partial charge on any atom is 0.253 e. The first kappa shape index (κ1) is 16.2. The van der Waals surface area contributed by atoms with Crippen LogP contribution in [0.1, 0.15) is 29.6 Å². The Morgan fingerprint density at radius 2 is 1.78 bits per heavy atom. The topological polar surface area (TPSA) is 26.3 Å². The molecule has 4 heteroatoms. The van der Waals surface area contributed by atoms with E-state index in [1.54, 1.807) is 6.26 Å². The number of ether oxygens (including phenoxy) is 1. The fourth-order valence-corrected chi connectivity index (χ4v) is 3.20. The highest BCUT2D eigenvalue weighted by Gasteiger charge is 2.28. The molecule has 2 nitrogen and oxygen atoms in total. The van der Waals surface area contributed by atoms with Gasteiger partial charge in [-0.2, -0.15) is 0 Å². The highest BCUT2D eigenvalue weighted by Crippen LogP contribution is 2.39. The zero-order chi connectivity index (χ0) is 16.2. The van der Waals surface area contributed by atoms with Crippen LogP contribution in [0, 0.1) is 0 Å². The van der Waals surface area contributed by atoms with Crippen LogP contribution in [0.5, 0.6) is 0 Å². The molecular weight excluding hydrogens is 328 g/mol. The Kier molecular flexibility index (Phi) is 5.09. The van der Waals surface area contributed by atoms with Gasteiger partial charge in [-0.25, -0.2) is 0 Å². The molecule has 23 heavy (non-hydrogen) atoms. The van der Waals surface area contributed by atoms with E-state index in [0.717, 1.165) is 12.0 Å². The van der Waals surface area contributed by atoms with Crippen molar-refractivity contribution >= 4 is 28.5 Å². The number of rotatable bonds is 3. The normalized spacial score (nSPS) is 20.5. The highest BCUT2D eigenvalue weighted by atomic mass is 35.5. The average molecular weight is 345 g/mol. The molecule has 2 atom stereocenters. The van der Waals surface area contributed by atoms with Crippen LogP contribution in [0.25, 0.3) is 0 Å². The SMILES string of the molecule is CSC(=O)C1=C[C@H](c2ccccc2)C[C@@H](c2ccc(Cl)cc2)O1. The van der Waals surface area contributed by atoms with Gasteiger partial charge < -0.3 is 4.74 Å². The van der Waals surface area contributed by atoms with Crippen molar-refractivity contribution in [2.75, 3.05) is 6.26 Å². The first-order chi connectivity index (χ1) is 11.2. The highest BCUT2D eigenvalue weighted by molar-refractivity contribution is 8.13. The average Bonchev–Trinajstić information content (AvgIpc) is 2.62. The summed E-state index contributed by atoms with van der Waals surface area (Å²) in [6.07, 6.45) is 4.38. The van der Waals surface area contributed by atoms with Crippen molar-refractivity contribution in [2.24, 2.45) is 0 Å². The molecule has 0 bridgehead atoms. The van der Waals surface area contributed by atoms with Crippen LogP contribution in [0.4, 0.5) is 0 Å². The summed E-state index contributed by atoms with van der Waals surface area (Å²) in [5.41, 5.74) is 2.23. The Morgan fingerprint density at radius 3 is 2.43 bits per heavy atom. The van der Waals surface area contributed by atoms with E-state index in [0.29, 0.717) is 10.8 Å². The van der Waals surface area contributed by atoms with Crippen LogP contribution in [0.3, 0.4) is 0 Å². The lowest BCUT2D eigenvalue weighted by molar-refractivity contribution is -0.112. The third-order valence-electron chi connectivity index (χ3n) is 3.95. The number of hydrogen-bond acceptors (Lipinski definition) is 3. The first-order valence-electron chi connectivity index (χ1n) is 7.44. The predicted molar refractivity (Wildman–Crippen MR) is 95.7 cm³/mol. The van der Waals surface area contributed by atoms with E-state index in [2.05, 4.69) is 12.1 Å². The van der Waals surface area contributed by atoms with Gasteiger partial charge in [0.05, 0.1) is 0 Å². The second-order valence-corrected chi connectivity index (χ2v) is 6.65. The van der Waals surface area contributed by atoms with E-state index in [1.165, 1.54) is 17.3 Å². The Hall–Kier alpha value is -1.71. The van der Waals surface area contributed by atoms with Gasteiger partial charge in [0.25, 0.3) is 5.12 Å². The van der Waals surface area contributed by atoms with Gasteiger partial charge >= 0.3 is 0 Å². The number of thioether (sulfide) groups is 1. The number of hydrogen-bond donors (Lipinski definition) is 0. The molecule has 0 amide bonds. The summed E-state index contributed by atoms with van der Waals surface area (Å²) in [6, 6.07) is 17.8. The molecule has 0 unspecified atom stereocenters. The summed E-state index contributed by atoms with van der Waals surface area (Å²) in [5, 5.41) is 0.657. The molecular formula is C19H17ClO2S. The molecule has 118 valence electrons. The second kappa shape index (κ2) is 7.24. The lowest BCUT2D eigenvalue weighted by Crippen LogP contribution is -2.18. The molecule has 0 aliphatic carbocycles. The van der Waals surface area contributed by atoms with Crippen LogP contribution in [0.15, 0.2) is 66.4 Å². The number of benzene rings is 2. The standard InChI is InChI=1S/C19H17ClO2S/c1-23-19(21)18-12-15(13-5-3-2-4-6-13)11-17(22-18)14-7-9-16(20)10-8-14/h2-10,12,15,17H,11H2,1H3/t15-,17+/m1/s1. The first-order valence-corrected chi connectivity index (χ1v) is 9.05. The van der Waals surface area contributed by atoms with Gasteiger partial charge in [-0.05, 0) is 42.0 Å². The molecule has 0 saturated carbocycles. The number of allylic oxidation sites excluding steroid dienone is 1. The fourth-order valence-electron chi connectivity index (χ4n) is 2.75. The lowest BCUT2D eigenvalue weighted by atomic mass is 9.88. The molecule has 2 aromatic carbocycles. The zero-order valence-electron chi connectivity index (χ0n) is 12.7. The molecule has 0 saturated heterocycles. The van der Waals surface area contributed by atoms with Crippen molar-refractivity contribution in [3.05, 3.63) is 82.6 Å². The molecule has 2 aromatic rings. The Morgan fingerprint density at radius 1 is 1.09 bits per heavy atom. The Bertz CT molecular complexity index is 710. The van der Waals surface area contributed by atoms with Crippen molar-refractivity contribution < 1.29 is 9.53 Å². The van der Waals surface area contributed by atoms with E-state index >= 15 is 0 Å². The summed E-state index contributed by atoms with van der Waals surface area (Å²) in [4.78, 5) is 12.1. The van der Waals surface area contributed by atoms with Crippen molar-refractivity contribution in [1.82, 2.24) is 0 Å². The quantitative estimate of drug-likeness (QED) is 0.749. The number of halogens is 1. The Balaban J connectivity index is 1.93. The van der Waals surface area contributed by atoms with Gasteiger partial charge in [0.2, 0.25) is 0 Å². The lowest BCUT2D eigenvalue weighted by Gasteiger charge is -2.29. The smallest absolute Gasteiger partial charge is 0.253 e. The molecule has 1 aliphatic rings. The zero-order valence-corrected chi connectivity index (χ0v) is 14.3.